The van der Waals surface area contributed by atoms with E-state index < -0.39 is 0 Å². The van der Waals surface area contributed by atoms with Crippen molar-refractivity contribution in [3.8, 4) is 0 Å². The van der Waals surface area contributed by atoms with Crippen molar-refractivity contribution in [1.29, 1.82) is 0 Å². The molecule has 0 unspecified atom stereocenters. The molecule has 32 heavy (non-hydrogen) atoms. The number of carbonyl (C=O) groups is 2. The van der Waals surface area contributed by atoms with Gasteiger partial charge in [0.05, 0.1) is 16.8 Å². The zero-order valence-corrected chi connectivity index (χ0v) is 19.0. The molecule has 1 saturated heterocycles. The molecular formula is C23H24ClN5O2S. The first-order chi connectivity index (χ1) is 15.6. The van der Waals surface area contributed by atoms with Gasteiger partial charge >= 0.3 is 0 Å². The second-order valence-electron chi connectivity index (χ2n) is 7.64. The number of nitrogens with one attached hydrogen (secondary N) is 2. The van der Waals surface area contributed by atoms with E-state index in [2.05, 4.69) is 25.5 Å². The van der Waals surface area contributed by atoms with Crippen LogP contribution in [0.15, 0.2) is 55.0 Å². The minimum atomic E-state index is -0.352. The molecule has 0 radical (unpaired) electrons. The van der Waals surface area contributed by atoms with Gasteiger partial charge in [-0.05, 0) is 49.4 Å². The number of rotatable bonds is 7. The fourth-order valence-electron chi connectivity index (χ4n) is 3.76. The number of thiazole rings is 1. The first-order valence-electron chi connectivity index (χ1n) is 10.5. The molecule has 3 heterocycles. The highest BCUT2D eigenvalue weighted by Crippen LogP contribution is 2.25. The molecule has 3 aromatic rings. The number of halogens is 1. The molecule has 0 atom stereocenters. The average Bonchev–Trinajstić information content (AvgIpc) is 3.29. The first kappa shape index (κ1) is 22.2. The van der Waals surface area contributed by atoms with Gasteiger partial charge in [0.2, 0.25) is 0 Å². The van der Waals surface area contributed by atoms with Crippen molar-refractivity contribution in [2.75, 3.05) is 29.9 Å². The van der Waals surface area contributed by atoms with Crippen LogP contribution < -0.4 is 15.5 Å². The molecule has 1 aliphatic rings. The average molecular weight is 470 g/mol. The number of hydrogen-bond acceptors (Lipinski definition) is 6. The quantitative estimate of drug-likeness (QED) is 0.532. The number of piperidine rings is 1. The summed E-state index contributed by atoms with van der Waals surface area (Å²) in [4.78, 5) is 35.9. The molecule has 166 valence electrons. The van der Waals surface area contributed by atoms with E-state index >= 15 is 0 Å². The number of benzene rings is 1. The Morgan fingerprint density at radius 2 is 1.84 bits per heavy atom. The molecule has 0 saturated carbocycles. The summed E-state index contributed by atoms with van der Waals surface area (Å²) >= 11 is 7.20. The van der Waals surface area contributed by atoms with Crippen LogP contribution in [0.3, 0.4) is 0 Å². The van der Waals surface area contributed by atoms with Crippen molar-refractivity contribution in [2.45, 2.75) is 19.3 Å². The molecule has 7 nitrogen and oxygen atoms in total. The van der Waals surface area contributed by atoms with Crippen LogP contribution in [-0.4, -0.2) is 41.4 Å². The summed E-state index contributed by atoms with van der Waals surface area (Å²) in [6.07, 6.45) is 8.29. The molecule has 1 aromatic carbocycles. The van der Waals surface area contributed by atoms with Gasteiger partial charge in [-0.25, -0.2) is 4.98 Å². The van der Waals surface area contributed by atoms with Crippen LogP contribution in [0.25, 0.3) is 0 Å². The van der Waals surface area contributed by atoms with Crippen molar-refractivity contribution < 1.29 is 9.59 Å². The van der Waals surface area contributed by atoms with Gasteiger partial charge < -0.3 is 10.2 Å². The summed E-state index contributed by atoms with van der Waals surface area (Å²) in [7, 11) is 0. The van der Waals surface area contributed by atoms with Crippen molar-refractivity contribution in [2.24, 2.45) is 5.92 Å². The van der Waals surface area contributed by atoms with Gasteiger partial charge in [0, 0.05) is 37.7 Å². The predicted octanol–water partition coefficient (Wildman–Crippen LogP) is 4.48. The van der Waals surface area contributed by atoms with E-state index in [1.54, 1.807) is 24.3 Å². The van der Waals surface area contributed by atoms with E-state index in [0.717, 1.165) is 43.7 Å². The van der Waals surface area contributed by atoms with Crippen LogP contribution >= 0.6 is 22.9 Å². The van der Waals surface area contributed by atoms with Crippen molar-refractivity contribution in [1.82, 2.24) is 15.3 Å². The van der Waals surface area contributed by atoms with E-state index in [0.29, 0.717) is 33.1 Å². The van der Waals surface area contributed by atoms with Gasteiger partial charge in [-0.2, -0.15) is 0 Å². The SMILES string of the molecule is O=C(NCCC1CCN(c2ccncc2)CC1)c1cnc(NC(=O)c2ccccc2Cl)s1. The van der Waals surface area contributed by atoms with E-state index in [9.17, 15) is 9.59 Å². The van der Waals surface area contributed by atoms with E-state index in [4.69, 9.17) is 11.6 Å². The molecule has 1 fully saturated rings. The van der Waals surface area contributed by atoms with Crippen LogP contribution in [0.2, 0.25) is 5.02 Å². The third-order valence-electron chi connectivity index (χ3n) is 5.55. The lowest BCUT2D eigenvalue weighted by atomic mass is 9.93. The second kappa shape index (κ2) is 10.6. The van der Waals surface area contributed by atoms with E-state index in [1.165, 1.54) is 11.9 Å². The van der Waals surface area contributed by atoms with Crippen LogP contribution in [-0.2, 0) is 0 Å². The Kier molecular flexibility index (Phi) is 7.34. The topological polar surface area (TPSA) is 87.2 Å². The largest absolute Gasteiger partial charge is 0.371 e. The molecule has 2 amide bonds. The Balaban J connectivity index is 1.20. The maximum Gasteiger partial charge on any atom is 0.263 e. The summed E-state index contributed by atoms with van der Waals surface area (Å²) in [5.41, 5.74) is 1.58. The summed E-state index contributed by atoms with van der Waals surface area (Å²) in [6.45, 7) is 2.66. The van der Waals surface area contributed by atoms with E-state index in [1.807, 2.05) is 24.5 Å². The third-order valence-corrected chi connectivity index (χ3v) is 6.79. The molecule has 0 aliphatic carbocycles. The summed E-state index contributed by atoms with van der Waals surface area (Å²) < 4.78 is 0. The van der Waals surface area contributed by atoms with Gasteiger partial charge in [0.1, 0.15) is 4.88 Å². The monoisotopic (exact) mass is 469 g/mol. The van der Waals surface area contributed by atoms with Crippen LogP contribution in [0.1, 0.15) is 39.3 Å². The number of nitrogens with zero attached hydrogens (tertiary/aromatic N) is 3. The number of amides is 2. The maximum atomic E-state index is 12.5. The second-order valence-corrected chi connectivity index (χ2v) is 9.08. The number of anilines is 2. The smallest absolute Gasteiger partial charge is 0.263 e. The lowest BCUT2D eigenvalue weighted by Gasteiger charge is -2.33. The molecular weight excluding hydrogens is 446 g/mol. The van der Waals surface area contributed by atoms with Crippen molar-refractivity contribution in [3.63, 3.8) is 0 Å². The zero-order chi connectivity index (χ0) is 22.3. The van der Waals surface area contributed by atoms with E-state index in [-0.39, 0.29) is 11.8 Å². The Hall–Kier alpha value is -2.97. The highest BCUT2D eigenvalue weighted by Gasteiger charge is 2.20. The Morgan fingerprint density at radius 1 is 1.09 bits per heavy atom. The highest BCUT2D eigenvalue weighted by molar-refractivity contribution is 7.17. The van der Waals surface area contributed by atoms with Gasteiger partial charge in [0.25, 0.3) is 11.8 Å². The molecule has 1 aliphatic heterocycles. The predicted molar refractivity (Wildman–Crippen MR) is 128 cm³/mol. The molecule has 2 N–H and O–H groups in total. The molecule has 0 spiro atoms. The fraction of sp³-hybridized carbons (Fsp3) is 0.304. The Bertz CT molecular complexity index is 1070. The highest BCUT2D eigenvalue weighted by atomic mass is 35.5. The minimum Gasteiger partial charge on any atom is -0.371 e. The number of pyridine rings is 1. The molecule has 2 aromatic heterocycles. The van der Waals surface area contributed by atoms with Gasteiger partial charge in [-0.3, -0.25) is 19.9 Å². The van der Waals surface area contributed by atoms with Gasteiger partial charge in [-0.15, -0.1) is 0 Å². The molecule has 4 rings (SSSR count). The standard InChI is InChI=1S/C23H24ClN5O2S/c24-19-4-2-1-3-18(19)21(30)28-23-27-15-20(32-23)22(31)26-12-5-16-8-13-29(14-9-16)17-6-10-25-11-7-17/h1-4,6-7,10-11,15-16H,5,8-9,12-14H2,(H,26,31)(H,27,28,30). The number of aromatic nitrogens is 2. The molecule has 9 heteroatoms. The van der Waals surface area contributed by atoms with Gasteiger partial charge in [-0.1, -0.05) is 35.1 Å². The summed E-state index contributed by atoms with van der Waals surface area (Å²) in [5, 5.41) is 6.40. The normalized spacial score (nSPS) is 14.2. The van der Waals surface area contributed by atoms with Crippen molar-refractivity contribution >= 4 is 45.6 Å². The molecule has 0 bridgehead atoms. The lowest BCUT2D eigenvalue weighted by Crippen LogP contribution is -2.35. The van der Waals surface area contributed by atoms with Crippen LogP contribution in [0.5, 0.6) is 0 Å². The Morgan fingerprint density at radius 3 is 2.59 bits per heavy atom. The minimum absolute atomic E-state index is 0.171. The van der Waals surface area contributed by atoms with Crippen LogP contribution in [0, 0.1) is 5.92 Å². The van der Waals surface area contributed by atoms with Crippen LogP contribution in [0.4, 0.5) is 10.8 Å². The van der Waals surface area contributed by atoms with Gasteiger partial charge in [0.15, 0.2) is 5.13 Å². The Labute approximate surface area is 195 Å². The van der Waals surface area contributed by atoms with Crippen molar-refractivity contribution in [3.05, 3.63) is 70.5 Å². The zero-order valence-electron chi connectivity index (χ0n) is 17.5. The number of hydrogen-bond donors (Lipinski definition) is 2. The first-order valence-corrected chi connectivity index (χ1v) is 11.7. The third kappa shape index (κ3) is 5.63. The summed E-state index contributed by atoms with van der Waals surface area (Å²) in [5.74, 6) is 0.0744. The lowest BCUT2D eigenvalue weighted by molar-refractivity contribution is 0.0953. The number of carbonyl (C=O) groups excluding carboxylic acids is 2. The summed E-state index contributed by atoms with van der Waals surface area (Å²) in [6, 6.07) is 10.9. The fourth-order valence-corrected chi connectivity index (χ4v) is 4.71. The maximum absolute atomic E-state index is 12.5.